The number of guanidine groups is 1. The van der Waals surface area contributed by atoms with Crippen LogP contribution in [-0.2, 0) is 11.3 Å². The SMILES string of the molecule is CN=C(NCCN(C)CCCOC)NCc1ccnc(N2CCCCC2)c1.I. The lowest BCUT2D eigenvalue weighted by Gasteiger charge is -2.28. The number of anilines is 1. The normalized spacial score (nSPS) is 14.7. The summed E-state index contributed by atoms with van der Waals surface area (Å²) in [6.07, 6.45) is 6.83. The first kappa shape index (κ1) is 24.9. The first-order valence-electron chi connectivity index (χ1n) is 10.0. The molecule has 1 saturated heterocycles. The van der Waals surface area contributed by atoms with Crippen LogP contribution < -0.4 is 15.5 Å². The van der Waals surface area contributed by atoms with Crippen LogP contribution in [-0.4, -0.2) is 76.4 Å². The molecule has 1 aromatic rings. The molecular formula is C20H37IN6O. The number of piperidine rings is 1. The number of nitrogens with zero attached hydrogens (tertiary/aromatic N) is 4. The Morgan fingerprint density at radius 1 is 1.25 bits per heavy atom. The van der Waals surface area contributed by atoms with Crippen LogP contribution in [0, 0.1) is 0 Å². The second-order valence-electron chi connectivity index (χ2n) is 7.07. The van der Waals surface area contributed by atoms with Gasteiger partial charge in [0.15, 0.2) is 5.96 Å². The Morgan fingerprint density at radius 2 is 2.04 bits per heavy atom. The molecule has 0 aromatic carbocycles. The van der Waals surface area contributed by atoms with Crippen LogP contribution >= 0.6 is 24.0 Å². The maximum Gasteiger partial charge on any atom is 0.191 e. The van der Waals surface area contributed by atoms with E-state index in [1.54, 1.807) is 7.11 Å². The highest BCUT2D eigenvalue weighted by molar-refractivity contribution is 14.0. The van der Waals surface area contributed by atoms with Crippen LogP contribution in [0.15, 0.2) is 23.3 Å². The van der Waals surface area contributed by atoms with Gasteiger partial charge in [-0.15, -0.1) is 24.0 Å². The summed E-state index contributed by atoms with van der Waals surface area (Å²) in [6, 6.07) is 4.26. The van der Waals surface area contributed by atoms with Crippen molar-refractivity contribution in [1.82, 2.24) is 20.5 Å². The quantitative estimate of drug-likeness (QED) is 0.221. The number of pyridine rings is 1. The van der Waals surface area contributed by atoms with E-state index in [4.69, 9.17) is 4.74 Å². The third-order valence-corrected chi connectivity index (χ3v) is 4.85. The molecule has 2 rings (SSSR count). The number of hydrogen-bond acceptors (Lipinski definition) is 5. The smallest absolute Gasteiger partial charge is 0.191 e. The Morgan fingerprint density at radius 3 is 2.75 bits per heavy atom. The Balaban J connectivity index is 0.00000392. The van der Waals surface area contributed by atoms with Gasteiger partial charge in [-0.25, -0.2) is 4.98 Å². The van der Waals surface area contributed by atoms with Crippen LogP contribution in [0.2, 0.25) is 0 Å². The number of halogens is 1. The standard InChI is InChI=1S/C20H36N6O.HI/c1-21-20(23-10-14-25(2)11-7-15-27-3)24-17-18-8-9-22-19(16-18)26-12-5-4-6-13-26;/h8-9,16H,4-7,10-15,17H2,1-3H3,(H2,21,23,24);1H. The zero-order chi connectivity index (χ0) is 19.3. The third kappa shape index (κ3) is 9.38. The van der Waals surface area contributed by atoms with Crippen LogP contribution in [0.3, 0.4) is 0 Å². The van der Waals surface area contributed by atoms with Gasteiger partial charge in [0.1, 0.15) is 5.82 Å². The maximum absolute atomic E-state index is 5.09. The van der Waals surface area contributed by atoms with Gasteiger partial charge >= 0.3 is 0 Å². The predicted octanol–water partition coefficient (Wildman–Crippen LogP) is 2.32. The van der Waals surface area contributed by atoms with Crippen molar-refractivity contribution >= 4 is 35.8 Å². The Kier molecular flexibility index (Phi) is 13.2. The minimum absolute atomic E-state index is 0. The molecule has 0 bridgehead atoms. The summed E-state index contributed by atoms with van der Waals surface area (Å²) in [6.45, 7) is 6.66. The lowest BCUT2D eigenvalue weighted by atomic mass is 10.1. The van der Waals surface area contributed by atoms with Crippen molar-refractivity contribution in [3.63, 3.8) is 0 Å². The van der Waals surface area contributed by atoms with Gasteiger partial charge in [0.2, 0.25) is 0 Å². The largest absolute Gasteiger partial charge is 0.385 e. The molecule has 1 aliphatic heterocycles. The molecule has 1 fully saturated rings. The number of ether oxygens (including phenoxy) is 1. The van der Waals surface area contributed by atoms with Gasteiger partial charge in [0.05, 0.1) is 0 Å². The summed E-state index contributed by atoms with van der Waals surface area (Å²) in [7, 11) is 5.69. The summed E-state index contributed by atoms with van der Waals surface area (Å²) in [5, 5.41) is 6.77. The number of methoxy groups -OCH3 is 1. The average molecular weight is 504 g/mol. The minimum Gasteiger partial charge on any atom is -0.385 e. The van der Waals surface area contributed by atoms with Gasteiger partial charge in [-0.3, -0.25) is 4.99 Å². The number of likely N-dealkylation sites (N-methyl/N-ethyl adjacent to an activating group) is 1. The fourth-order valence-corrected chi connectivity index (χ4v) is 3.23. The Labute approximate surface area is 187 Å². The van der Waals surface area contributed by atoms with Crippen LogP contribution in [0.1, 0.15) is 31.2 Å². The zero-order valence-corrected chi connectivity index (χ0v) is 19.9. The van der Waals surface area contributed by atoms with Crippen LogP contribution in [0.5, 0.6) is 0 Å². The lowest BCUT2D eigenvalue weighted by molar-refractivity contribution is 0.180. The van der Waals surface area contributed by atoms with E-state index in [1.165, 1.54) is 24.8 Å². The van der Waals surface area contributed by atoms with Crippen molar-refractivity contribution < 1.29 is 4.74 Å². The molecule has 1 aromatic heterocycles. The monoisotopic (exact) mass is 504 g/mol. The van der Waals surface area contributed by atoms with E-state index in [2.05, 4.69) is 49.6 Å². The molecule has 160 valence electrons. The summed E-state index contributed by atoms with van der Waals surface area (Å²) in [5.41, 5.74) is 1.23. The summed E-state index contributed by atoms with van der Waals surface area (Å²) >= 11 is 0. The highest BCUT2D eigenvalue weighted by Gasteiger charge is 2.12. The average Bonchev–Trinajstić information content (AvgIpc) is 2.71. The Hall–Kier alpha value is -1.13. The summed E-state index contributed by atoms with van der Waals surface area (Å²) in [5.74, 6) is 1.92. The minimum atomic E-state index is 0. The second-order valence-corrected chi connectivity index (χ2v) is 7.07. The van der Waals surface area contributed by atoms with Gasteiger partial charge in [-0.05, 0) is 50.4 Å². The molecule has 0 spiro atoms. The predicted molar refractivity (Wildman–Crippen MR) is 128 cm³/mol. The molecule has 0 aliphatic carbocycles. The van der Waals surface area contributed by atoms with Crippen molar-refractivity contribution in [1.29, 1.82) is 0 Å². The van der Waals surface area contributed by atoms with E-state index < -0.39 is 0 Å². The van der Waals surface area contributed by atoms with Crippen LogP contribution in [0.4, 0.5) is 5.82 Å². The topological polar surface area (TPSA) is 65.0 Å². The molecule has 2 heterocycles. The molecule has 0 unspecified atom stereocenters. The van der Waals surface area contributed by atoms with Crippen molar-refractivity contribution in [2.24, 2.45) is 4.99 Å². The lowest BCUT2D eigenvalue weighted by Crippen LogP contribution is -2.40. The van der Waals surface area contributed by atoms with Crippen molar-refractivity contribution in [2.45, 2.75) is 32.2 Å². The second kappa shape index (κ2) is 14.8. The highest BCUT2D eigenvalue weighted by atomic mass is 127. The van der Waals surface area contributed by atoms with Crippen molar-refractivity contribution in [2.75, 3.05) is 65.4 Å². The van der Waals surface area contributed by atoms with E-state index in [0.29, 0.717) is 0 Å². The van der Waals surface area contributed by atoms with Crippen molar-refractivity contribution in [3.05, 3.63) is 23.9 Å². The first-order chi connectivity index (χ1) is 13.2. The van der Waals surface area contributed by atoms with E-state index in [9.17, 15) is 0 Å². The number of aromatic nitrogens is 1. The summed E-state index contributed by atoms with van der Waals surface area (Å²) in [4.78, 5) is 13.6. The molecule has 7 nitrogen and oxygen atoms in total. The number of hydrogen-bond donors (Lipinski definition) is 2. The zero-order valence-electron chi connectivity index (χ0n) is 17.6. The van der Waals surface area contributed by atoms with Gasteiger partial charge in [-0.2, -0.15) is 0 Å². The van der Waals surface area contributed by atoms with Gasteiger partial charge < -0.3 is 25.2 Å². The molecule has 0 radical (unpaired) electrons. The van der Waals surface area contributed by atoms with E-state index in [-0.39, 0.29) is 24.0 Å². The first-order valence-corrected chi connectivity index (χ1v) is 10.0. The van der Waals surface area contributed by atoms with E-state index in [1.807, 2.05) is 13.2 Å². The number of aliphatic imine (C=N–C) groups is 1. The molecule has 2 N–H and O–H groups in total. The molecule has 8 heteroatoms. The third-order valence-electron chi connectivity index (χ3n) is 4.85. The molecule has 0 saturated carbocycles. The van der Waals surface area contributed by atoms with E-state index >= 15 is 0 Å². The van der Waals surface area contributed by atoms with Gasteiger partial charge in [0.25, 0.3) is 0 Å². The molecule has 28 heavy (non-hydrogen) atoms. The molecular weight excluding hydrogens is 467 g/mol. The van der Waals surface area contributed by atoms with E-state index in [0.717, 1.165) is 64.1 Å². The maximum atomic E-state index is 5.09. The fraction of sp³-hybridized carbons (Fsp3) is 0.700. The van der Waals surface area contributed by atoms with Gasteiger partial charge in [-0.1, -0.05) is 0 Å². The molecule has 0 amide bonds. The van der Waals surface area contributed by atoms with Gasteiger partial charge in [0, 0.05) is 66.2 Å². The van der Waals surface area contributed by atoms with Crippen LogP contribution in [0.25, 0.3) is 0 Å². The summed E-state index contributed by atoms with van der Waals surface area (Å²) < 4.78 is 5.09. The Bertz CT molecular complexity index is 565. The van der Waals surface area contributed by atoms with Crippen molar-refractivity contribution in [3.8, 4) is 0 Å². The number of rotatable bonds is 10. The highest BCUT2D eigenvalue weighted by Crippen LogP contribution is 2.18. The number of nitrogens with one attached hydrogen (secondary N) is 2. The molecule has 1 aliphatic rings. The molecule has 0 atom stereocenters. The fourth-order valence-electron chi connectivity index (χ4n) is 3.23.